The standard InChI is InChI=1S/C39H50N3O/c1-8-25-41-32(27-31-15-10-12-19-34(31)41)23-21-29-16-14-17-30(37(29)40(7)38(43)28(3)4)22-24-36-39(5,6)33-18-11-13-20-35(33)42(36)26-9-2/h10-13,15,18-24,28H,8-9,14,16-17,25-27H2,1-7H3/q+1. The van der Waals surface area contributed by atoms with Crippen LogP contribution in [0.25, 0.3) is 0 Å². The van der Waals surface area contributed by atoms with Gasteiger partial charge in [-0.2, -0.15) is 4.58 Å². The normalized spacial score (nSPS) is 19.8. The summed E-state index contributed by atoms with van der Waals surface area (Å²) in [7, 11) is 1.97. The van der Waals surface area contributed by atoms with Crippen molar-refractivity contribution in [2.45, 2.75) is 85.5 Å². The van der Waals surface area contributed by atoms with Gasteiger partial charge in [0.25, 0.3) is 0 Å². The van der Waals surface area contributed by atoms with Crippen molar-refractivity contribution in [3.05, 3.63) is 107 Å². The highest BCUT2D eigenvalue weighted by atomic mass is 16.2. The Morgan fingerprint density at radius 2 is 1.74 bits per heavy atom. The third-order valence-corrected chi connectivity index (χ3v) is 9.27. The van der Waals surface area contributed by atoms with Crippen LogP contribution in [0.3, 0.4) is 0 Å². The van der Waals surface area contributed by atoms with Crippen LogP contribution in [0.4, 0.5) is 11.4 Å². The molecule has 0 N–H and O–H groups in total. The second kappa shape index (κ2) is 12.9. The summed E-state index contributed by atoms with van der Waals surface area (Å²) in [5.74, 6) is 0.0995. The Bertz CT molecular complexity index is 1530. The summed E-state index contributed by atoms with van der Waals surface area (Å²) >= 11 is 0. The monoisotopic (exact) mass is 576 g/mol. The van der Waals surface area contributed by atoms with Gasteiger partial charge >= 0.3 is 0 Å². The first kappa shape index (κ1) is 30.8. The predicted molar refractivity (Wildman–Crippen MR) is 181 cm³/mol. The molecule has 1 aliphatic carbocycles. The zero-order valence-electron chi connectivity index (χ0n) is 27.4. The van der Waals surface area contributed by atoms with E-state index in [1.165, 1.54) is 45.1 Å². The Kier molecular flexibility index (Phi) is 9.25. The van der Waals surface area contributed by atoms with E-state index in [1.54, 1.807) is 0 Å². The molecule has 0 aromatic heterocycles. The largest absolute Gasteiger partial charge is 0.345 e. The molecule has 226 valence electrons. The molecule has 0 bridgehead atoms. The van der Waals surface area contributed by atoms with Crippen molar-refractivity contribution in [3.8, 4) is 0 Å². The highest BCUT2D eigenvalue weighted by Crippen LogP contribution is 2.41. The molecule has 4 nitrogen and oxygen atoms in total. The fourth-order valence-corrected chi connectivity index (χ4v) is 7.15. The molecular formula is C39H50N3O+. The van der Waals surface area contributed by atoms with Crippen molar-refractivity contribution in [1.82, 2.24) is 4.90 Å². The van der Waals surface area contributed by atoms with Crippen LogP contribution in [0, 0.1) is 5.92 Å². The smallest absolute Gasteiger partial charge is 0.229 e. The molecule has 5 rings (SSSR count). The molecule has 1 amide bonds. The van der Waals surface area contributed by atoms with Crippen LogP contribution in [0.15, 0.2) is 95.4 Å². The maximum Gasteiger partial charge on any atom is 0.229 e. The summed E-state index contributed by atoms with van der Waals surface area (Å²) in [6.45, 7) is 15.2. The first-order chi connectivity index (χ1) is 20.7. The molecule has 2 aromatic carbocycles. The lowest BCUT2D eigenvalue weighted by molar-refractivity contribution is -0.437. The van der Waals surface area contributed by atoms with Gasteiger partial charge in [0.1, 0.15) is 6.54 Å². The van der Waals surface area contributed by atoms with Crippen LogP contribution >= 0.6 is 0 Å². The minimum atomic E-state index is -0.0827. The van der Waals surface area contributed by atoms with Crippen LogP contribution in [0.5, 0.6) is 0 Å². The molecule has 43 heavy (non-hydrogen) atoms. The summed E-state index contributed by atoms with van der Waals surface area (Å²) in [6, 6.07) is 17.6. The number of amides is 1. The molecule has 4 heteroatoms. The van der Waals surface area contributed by atoms with E-state index in [9.17, 15) is 4.79 Å². The Morgan fingerprint density at radius 1 is 1.00 bits per heavy atom. The number of hydrogen-bond donors (Lipinski definition) is 0. The van der Waals surface area contributed by atoms with Gasteiger partial charge in [-0.25, -0.2) is 0 Å². The molecule has 0 spiro atoms. The number of rotatable bonds is 9. The molecule has 0 atom stereocenters. The van der Waals surface area contributed by atoms with Gasteiger partial charge in [0.2, 0.25) is 11.6 Å². The van der Waals surface area contributed by atoms with Crippen molar-refractivity contribution in [2.24, 2.45) is 5.92 Å². The van der Waals surface area contributed by atoms with E-state index in [0.29, 0.717) is 0 Å². The van der Waals surface area contributed by atoms with Crippen molar-refractivity contribution < 1.29 is 9.37 Å². The first-order valence-electron chi connectivity index (χ1n) is 16.4. The van der Waals surface area contributed by atoms with Gasteiger partial charge in [0.15, 0.2) is 5.71 Å². The Labute approximate surface area is 259 Å². The molecular weight excluding hydrogens is 526 g/mol. The number of likely N-dealkylation sites (N-methyl/N-ethyl adjacent to an activating group) is 1. The van der Waals surface area contributed by atoms with E-state index in [-0.39, 0.29) is 17.2 Å². The minimum Gasteiger partial charge on any atom is -0.345 e. The first-order valence-corrected chi connectivity index (χ1v) is 16.4. The Morgan fingerprint density at radius 3 is 2.49 bits per heavy atom. The van der Waals surface area contributed by atoms with Crippen LogP contribution in [-0.4, -0.2) is 41.2 Å². The lowest BCUT2D eigenvalue weighted by atomic mass is 9.81. The zero-order chi connectivity index (χ0) is 30.7. The summed E-state index contributed by atoms with van der Waals surface area (Å²) in [6.07, 6.45) is 15.5. The van der Waals surface area contributed by atoms with Crippen LogP contribution < -0.4 is 4.90 Å². The third kappa shape index (κ3) is 5.94. The predicted octanol–water partition coefficient (Wildman–Crippen LogP) is 8.86. The number of allylic oxidation sites excluding steroid dienone is 7. The minimum absolute atomic E-state index is 0.0636. The highest BCUT2D eigenvalue weighted by molar-refractivity contribution is 6.03. The van der Waals surface area contributed by atoms with Gasteiger partial charge < -0.3 is 9.80 Å². The van der Waals surface area contributed by atoms with Crippen molar-refractivity contribution >= 4 is 23.0 Å². The number of carbonyl (C=O) groups excluding carboxylic acids is 1. The van der Waals surface area contributed by atoms with Gasteiger partial charge in [0, 0.05) is 67.1 Å². The van der Waals surface area contributed by atoms with E-state index in [2.05, 4.69) is 110 Å². The van der Waals surface area contributed by atoms with E-state index in [1.807, 2.05) is 25.8 Å². The Balaban J connectivity index is 1.58. The van der Waals surface area contributed by atoms with E-state index in [0.717, 1.165) is 57.3 Å². The van der Waals surface area contributed by atoms with E-state index < -0.39 is 0 Å². The second-order valence-corrected chi connectivity index (χ2v) is 13.1. The molecule has 0 saturated carbocycles. The van der Waals surface area contributed by atoms with Crippen LogP contribution in [-0.2, 0) is 16.6 Å². The SMILES string of the molecule is CCCN1/C(=C/C=C2\CCCC(/C=C/C3=[N+](CCC)c4ccccc4C3(C)C)=C2N(C)C(=O)C(C)C)Cc2ccccc21. The number of hydrogen-bond acceptors (Lipinski definition) is 2. The van der Waals surface area contributed by atoms with Gasteiger partial charge in [-0.05, 0) is 68.4 Å². The fraction of sp³-hybridized carbons (Fsp3) is 0.436. The molecule has 0 unspecified atom stereocenters. The Hall–Kier alpha value is -3.66. The number of para-hydroxylation sites is 2. The van der Waals surface area contributed by atoms with E-state index >= 15 is 0 Å². The molecule has 0 saturated heterocycles. The van der Waals surface area contributed by atoms with Crippen LogP contribution in [0.1, 0.15) is 84.8 Å². The van der Waals surface area contributed by atoms with Crippen molar-refractivity contribution in [1.29, 1.82) is 0 Å². The average Bonchev–Trinajstić information content (AvgIpc) is 3.45. The number of fused-ring (bicyclic) bond motifs is 2. The fourth-order valence-electron chi connectivity index (χ4n) is 7.15. The van der Waals surface area contributed by atoms with Gasteiger partial charge in [-0.3, -0.25) is 4.79 Å². The molecule has 2 aromatic rings. The maximum absolute atomic E-state index is 13.4. The highest BCUT2D eigenvalue weighted by Gasteiger charge is 2.43. The second-order valence-electron chi connectivity index (χ2n) is 13.1. The summed E-state index contributed by atoms with van der Waals surface area (Å²) in [4.78, 5) is 17.8. The van der Waals surface area contributed by atoms with Gasteiger partial charge in [-0.15, -0.1) is 0 Å². The third-order valence-electron chi connectivity index (χ3n) is 9.27. The zero-order valence-corrected chi connectivity index (χ0v) is 27.4. The number of anilines is 1. The average molecular weight is 577 g/mol. The van der Waals surface area contributed by atoms with Crippen LogP contribution in [0.2, 0.25) is 0 Å². The lowest BCUT2D eigenvalue weighted by Gasteiger charge is -2.30. The molecule has 2 heterocycles. The van der Waals surface area contributed by atoms with E-state index in [4.69, 9.17) is 0 Å². The van der Waals surface area contributed by atoms with Crippen molar-refractivity contribution in [3.63, 3.8) is 0 Å². The van der Waals surface area contributed by atoms with Crippen molar-refractivity contribution in [2.75, 3.05) is 25.0 Å². The summed E-state index contributed by atoms with van der Waals surface area (Å²) in [5, 5.41) is 0. The molecule has 0 radical (unpaired) electrons. The quantitative estimate of drug-likeness (QED) is 0.279. The lowest BCUT2D eigenvalue weighted by Crippen LogP contribution is -2.32. The topological polar surface area (TPSA) is 26.6 Å². The molecule has 0 fully saturated rings. The van der Waals surface area contributed by atoms with Gasteiger partial charge in [-0.1, -0.05) is 76.2 Å². The summed E-state index contributed by atoms with van der Waals surface area (Å²) in [5.41, 5.74) is 11.6. The number of carbonyl (C=O) groups is 1. The summed E-state index contributed by atoms with van der Waals surface area (Å²) < 4.78 is 2.50. The van der Waals surface area contributed by atoms with Gasteiger partial charge in [0.05, 0.1) is 5.41 Å². The molecule has 3 aliphatic rings. The number of benzene rings is 2. The number of nitrogens with zero attached hydrogens (tertiary/aromatic N) is 3. The maximum atomic E-state index is 13.4. The molecule has 2 aliphatic heterocycles.